The summed E-state index contributed by atoms with van der Waals surface area (Å²) in [7, 11) is 0. The number of aryl methyl sites for hydroxylation is 2. The first-order chi connectivity index (χ1) is 8.51. The molecule has 0 saturated carbocycles. The van der Waals surface area contributed by atoms with Gasteiger partial charge >= 0.3 is 5.97 Å². The van der Waals surface area contributed by atoms with Crippen molar-refractivity contribution in [2.24, 2.45) is 5.92 Å². The van der Waals surface area contributed by atoms with Crippen molar-refractivity contribution >= 4 is 23.2 Å². The van der Waals surface area contributed by atoms with Crippen molar-refractivity contribution in [1.29, 1.82) is 0 Å². The number of hydrogen-bond acceptors (Lipinski definition) is 3. The summed E-state index contributed by atoms with van der Waals surface area (Å²) in [5.41, 5.74) is 1.23. The highest BCUT2D eigenvalue weighted by Gasteiger charge is 2.33. The fraction of sp³-hybridized carbons (Fsp3) is 0.538. The van der Waals surface area contributed by atoms with E-state index < -0.39 is 5.97 Å². The average Bonchev–Trinajstić information content (AvgIpc) is 2.63. The summed E-state index contributed by atoms with van der Waals surface area (Å²) in [6.45, 7) is 5.26. The first kappa shape index (κ1) is 13.1. The number of carbonyl (C=O) groups excluding carboxylic acids is 1. The highest BCUT2D eigenvalue weighted by Crippen LogP contribution is 2.27. The topological polar surface area (TPSA) is 57.6 Å². The van der Waals surface area contributed by atoms with Crippen molar-refractivity contribution in [1.82, 2.24) is 4.90 Å². The molecule has 1 amide bonds. The molecule has 98 valence electrons. The lowest BCUT2D eigenvalue weighted by molar-refractivity contribution is -0.139. The van der Waals surface area contributed by atoms with Gasteiger partial charge in [0.05, 0.1) is 11.3 Å². The molecule has 0 atom stereocenters. The van der Waals surface area contributed by atoms with Crippen LogP contribution in [0.25, 0.3) is 0 Å². The lowest BCUT2D eigenvalue weighted by atomic mass is 9.96. The van der Waals surface area contributed by atoms with Crippen LogP contribution in [-0.4, -0.2) is 35.0 Å². The Bertz CT molecular complexity index is 475. The number of aliphatic carboxylic acids is 1. The number of likely N-dealkylation sites (tertiary alicyclic amines) is 1. The third-order valence-electron chi connectivity index (χ3n) is 3.32. The van der Waals surface area contributed by atoms with Gasteiger partial charge in [0.25, 0.3) is 5.91 Å². The summed E-state index contributed by atoms with van der Waals surface area (Å²) < 4.78 is 0. The number of hydrogen-bond donors (Lipinski definition) is 1. The fourth-order valence-electron chi connectivity index (χ4n) is 2.24. The van der Waals surface area contributed by atoms with E-state index in [0.29, 0.717) is 13.1 Å². The van der Waals surface area contributed by atoms with E-state index in [1.54, 1.807) is 4.90 Å². The molecular weight excluding hydrogens is 250 g/mol. The minimum absolute atomic E-state index is 0.0458. The van der Waals surface area contributed by atoms with E-state index in [1.807, 2.05) is 13.0 Å². The normalized spacial score (nSPS) is 15.6. The van der Waals surface area contributed by atoms with Gasteiger partial charge in [-0.2, -0.15) is 0 Å². The molecule has 0 unspecified atom stereocenters. The Labute approximate surface area is 110 Å². The van der Waals surface area contributed by atoms with Gasteiger partial charge in [0.1, 0.15) is 0 Å². The van der Waals surface area contributed by atoms with E-state index in [9.17, 15) is 9.59 Å². The SMILES string of the molecule is CCc1cc(C(=O)N2CC(CC(=O)O)C2)sc1C. The van der Waals surface area contributed by atoms with Crippen LogP contribution in [0.2, 0.25) is 0 Å². The zero-order valence-corrected chi connectivity index (χ0v) is 11.4. The van der Waals surface area contributed by atoms with E-state index in [1.165, 1.54) is 21.8 Å². The molecule has 2 heterocycles. The number of rotatable bonds is 4. The van der Waals surface area contributed by atoms with Crippen LogP contribution in [0.4, 0.5) is 0 Å². The zero-order valence-electron chi connectivity index (χ0n) is 10.6. The molecule has 0 radical (unpaired) electrons. The van der Waals surface area contributed by atoms with Gasteiger partial charge in [0, 0.05) is 23.9 Å². The summed E-state index contributed by atoms with van der Waals surface area (Å²) in [5.74, 6) is -0.616. The van der Waals surface area contributed by atoms with Gasteiger partial charge < -0.3 is 10.0 Å². The third-order valence-corrected chi connectivity index (χ3v) is 4.40. The maximum Gasteiger partial charge on any atom is 0.303 e. The minimum Gasteiger partial charge on any atom is -0.481 e. The predicted molar refractivity (Wildman–Crippen MR) is 70.1 cm³/mol. The standard InChI is InChI=1S/C13H17NO3S/c1-3-10-5-11(18-8(10)2)13(17)14-6-9(7-14)4-12(15)16/h5,9H,3-4,6-7H2,1-2H3,(H,15,16). The molecule has 1 fully saturated rings. The average molecular weight is 267 g/mol. The molecule has 0 aliphatic carbocycles. The van der Waals surface area contributed by atoms with Gasteiger partial charge in [-0.15, -0.1) is 11.3 Å². The smallest absolute Gasteiger partial charge is 0.303 e. The van der Waals surface area contributed by atoms with Gasteiger partial charge in [-0.3, -0.25) is 9.59 Å². The predicted octanol–water partition coefficient (Wildman–Crippen LogP) is 2.17. The molecular formula is C13H17NO3S. The van der Waals surface area contributed by atoms with Gasteiger partial charge in [-0.05, 0) is 25.0 Å². The minimum atomic E-state index is -0.785. The number of carboxylic acids is 1. The van der Waals surface area contributed by atoms with Crippen molar-refractivity contribution in [3.05, 3.63) is 21.4 Å². The van der Waals surface area contributed by atoms with Crippen molar-refractivity contribution < 1.29 is 14.7 Å². The van der Waals surface area contributed by atoms with E-state index in [2.05, 4.69) is 6.92 Å². The van der Waals surface area contributed by atoms with Crippen LogP contribution in [0, 0.1) is 12.8 Å². The second-order valence-electron chi connectivity index (χ2n) is 4.72. The fourth-order valence-corrected chi connectivity index (χ4v) is 3.33. The molecule has 1 aromatic heterocycles. The lowest BCUT2D eigenvalue weighted by Gasteiger charge is -2.38. The molecule has 4 nitrogen and oxygen atoms in total. The molecule has 1 aliphatic rings. The highest BCUT2D eigenvalue weighted by atomic mass is 32.1. The van der Waals surface area contributed by atoms with Crippen LogP contribution >= 0.6 is 11.3 Å². The Hall–Kier alpha value is -1.36. The molecule has 1 saturated heterocycles. The van der Waals surface area contributed by atoms with Crippen LogP contribution in [0.3, 0.4) is 0 Å². The summed E-state index contributed by atoms with van der Waals surface area (Å²) >= 11 is 1.53. The molecule has 0 spiro atoms. The number of carboxylic acid groups (broad SMARTS) is 1. The number of thiophene rings is 1. The number of nitrogens with zero attached hydrogens (tertiary/aromatic N) is 1. The third kappa shape index (κ3) is 2.56. The van der Waals surface area contributed by atoms with E-state index >= 15 is 0 Å². The maximum absolute atomic E-state index is 12.1. The maximum atomic E-state index is 12.1. The molecule has 1 aromatic rings. The van der Waals surface area contributed by atoms with Crippen LogP contribution < -0.4 is 0 Å². The molecule has 0 aromatic carbocycles. The zero-order chi connectivity index (χ0) is 13.3. The Morgan fingerprint density at radius 3 is 2.67 bits per heavy atom. The van der Waals surface area contributed by atoms with E-state index in [4.69, 9.17) is 5.11 Å². The van der Waals surface area contributed by atoms with E-state index in [-0.39, 0.29) is 18.2 Å². The molecule has 0 bridgehead atoms. The van der Waals surface area contributed by atoms with Crippen molar-refractivity contribution in [2.75, 3.05) is 13.1 Å². The van der Waals surface area contributed by atoms with Crippen LogP contribution in [0.1, 0.15) is 33.5 Å². The summed E-state index contributed by atoms with van der Waals surface area (Å²) in [6, 6.07) is 1.97. The van der Waals surface area contributed by atoms with Gasteiger partial charge in [-0.25, -0.2) is 0 Å². The number of carbonyl (C=O) groups is 2. The molecule has 5 heteroatoms. The van der Waals surface area contributed by atoms with Crippen molar-refractivity contribution in [3.63, 3.8) is 0 Å². The molecule has 18 heavy (non-hydrogen) atoms. The summed E-state index contributed by atoms with van der Waals surface area (Å²) in [6.07, 6.45) is 1.10. The Kier molecular flexibility index (Phi) is 3.71. The van der Waals surface area contributed by atoms with Crippen molar-refractivity contribution in [3.8, 4) is 0 Å². The van der Waals surface area contributed by atoms with Gasteiger partial charge in [0.15, 0.2) is 0 Å². The number of amides is 1. The summed E-state index contributed by atoms with van der Waals surface area (Å²) in [5, 5.41) is 8.66. The van der Waals surface area contributed by atoms with Gasteiger partial charge in [-0.1, -0.05) is 6.92 Å². The quantitative estimate of drug-likeness (QED) is 0.909. The largest absolute Gasteiger partial charge is 0.481 e. The first-order valence-corrected chi connectivity index (χ1v) is 6.93. The monoisotopic (exact) mass is 267 g/mol. The van der Waals surface area contributed by atoms with Gasteiger partial charge in [0.2, 0.25) is 0 Å². The molecule has 1 N–H and O–H groups in total. The molecule has 1 aliphatic heterocycles. The Balaban J connectivity index is 1.95. The Morgan fingerprint density at radius 1 is 1.50 bits per heavy atom. The van der Waals surface area contributed by atoms with Crippen LogP contribution in [0.5, 0.6) is 0 Å². The summed E-state index contributed by atoms with van der Waals surface area (Å²) in [4.78, 5) is 26.4. The van der Waals surface area contributed by atoms with Crippen molar-refractivity contribution in [2.45, 2.75) is 26.7 Å². The lowest BCUT2D eigenvalue weighted by Crippen LogP contribution is -2.50. The Morgan fingerprint density at radius 2 is 2.17 bits per heavy atom. The second-order valence-corrected chi connectivity index (χ2v) is 5.98. The van der Waals surface area contributed by atoms with E-state index in [0.717, 1.165) is 11.3 Å². The first-order valence-electron chi connectivity index (χ1n) is 6.11. The highest BCUT2D eigenvalue weighted by molar-refractivity contribution is 7.14. The molecule has 2 rings (SSSR count). The van der Waals surface area contributed by atoms with Crippen LogP contribution in [-0.2, 0) is 11.2 Å². The van der Waals surface area contributed by atoms with Crippen LogP contribution in [0.15, 0.2) is 6.07 Å². The second kappa shape index (κ2) is 5.10.